The minimum atomic E-state index is -1.25. The van der Waals surface area contributed by atoms with Crippen molar-refractivity contribution in [2.45, 2.75) is 340 Å². The highest BCUT2D eigenvalue weighted by atomic mass is 16.3. The molecule has 0 aliphatic carbocycles. The SMILES string of the molecule is CCCCCCCCCCCCCCCCCCCCCCCCCCCCCCCCCC(O)C(O)C(CO)NC(=O)C(O)CCCCCCCCCCCCCCCC. The van der Waals surface area contributed by atoms with E-state index in [0.717, 1.165) is 38.5 Å². The van der Waals surface area contributed by atoms with E-state index in [9.17, 15) is 25.2 Å². The number of unbranched alkanes of at least 4 members (excludes halogenated alkanes) is 43. The van der Waals surface area contributed by atoms with E-state index in [4.69, 9.17) is 0 Å². The van der Waals surface area contributed by atoms with Crippen LogP contribution in [0.4, 0.5) is 0 Å². The zero-order valence-corrected chi connectivity index (χ0v) is 41.4. The minimum Gasteiger partial charge on any atom is -0.394 e. The molecular weight excluding hydrogens is 755 g/mol. The molecule has 0 aliphatic heterocycles. The second-order valence-electron chi connectivity index (χ2n) is 19.7. The Morgan fingerprint density at radius 1 is 0.344 bits per heavy atom. The minimum absolute atomic E-state index is 0.375. The number of hydrogen-bond acceptors (Lipinski definition) is 5. The van der Waals surface area contributed by atoms with Gasteiger partial charge in [-0.05, 0) is 12.8 Å². The maximum absolute atomic E-state index is 12.5. The van der Waals surface area contributed by atoms with Crippen LogP contribution in [0.2, 0.25) is 0 Å². The summed E-state index contributed by atoms with van der Waals surface area (Å²) in [4.78, 5) is 12.5. The van der Waals surface area contributed by atoms with Crippen LogP contribution in [0.5, 0.6) is 0 Å². The van der Waals surface area contributed by atoms with Gasteiger partial charge < -0.3 is 25.7 Å². The third-order valence-electron chi connectivity index (χ3n) is 13.6. The van der Waals surface area contributed by atoms with Gasteiger partial charge in [0.05, 0.1) is 18.8 Å². The standard InChI is InChI=1S/C55H111NO5/c1-3-5-7-9-11-13-15-17-19-20-21-22-23-24-25-26-27-28-29-30-31-32-33-34-35-37-38-40-42-44-46-48-52(58)54(60)51(50-57)56-55(61)53(59)49-47-45-43-41-39-36-18-16-14-12-10-8-6-4-2/h51-54,57-60H,3-50H2,1-2H3,(H,56,61). The molecule has 4 atom stereocenters. The molecule has 0 bridgehead atoms. The highest BCUT2D eigenvalue weighted by Gasteiger charge is 2.28. The number of carbonyl (C=O) groups excluding carboxylic acids is 1. The lowest BCUT2D eigenvalue weighted by Crippen LogP contribution is -2.53. The molecule has 0 aromatic heterocycles. The Balaban J connectivity index is 3.53. The fourth-order valence-corrected chi connectivity index (χ4v) is 9.17. The predicted molar refractivity (Wildman–Crippen MR) is 265 cm³/mol. The molecule has 0 saturated carbocycles. The first-order valence-corrected chi connectivity index (χ1v) is 27.9. The van der Waals surface area contributed by atoms with Crippen molar-refractivity contribution < 1.29 is 25.2 Å². The molecule has 0 aromatic rings. The second-order valence-corrected chi connectivity index (χ2v) is 19.7. The van der Waals surface area contributed by atoms with Crippen molar-refractivity contribution in [1.82, 2.24) is 5.32 Å². The van der Waals surface area contributed by atoms with Gasteiger partial charge in [0.15, 0.2) is 0 Å². The molecular formula is C55H111NO5. The smallest absolute Gasteiger partial charge is 0.249 e. The third kappa shape index (κ3) is 44.3. The van der Waals surface area contributed by atoms with Crippen molar-refractivity contribution in [2.24, 2.45) is 0 Å². The fourth-order valence-electron chi connectivity index (χ4n) is 9.17. The topological polar surface area (TPSA) is 110 Å². The number of hydrogen-bond donors (Lipinski definition) is 5. The number of aliphatic hydroxyl groups excluding tert-OH is 4. The van der Waals surface area contributed by atoms with Crippen molar-refractivity contribution in [2.75, 3.05) is 6.61 Å². The van der Waals surface area contributed by atoms with Crippen LogP contribution in [-0.2, 0) is 4.79 Å². The van der Waals surface area contributed by atoms with Gasteiger partial charge in [0, 0.05) is 0 Å². The van der Waals surface area contributed by atoms with Crippen molar-refractivity contribution in [3.8, 4) is 0 Å². The molecule has 0 radical (unpaired) electrons. The van der Waals surface area contributed by atoms with Crippen LogP contribution < -0.4 is 5.32 Å². The van der Waals surface area contributed by atoms with Gasteiger partial charge in [-0.1, -0.05) is 303 Å². The molecule has 0 heterocycles. The third-order valence-corrected chi connectivity index (χ3v) is 13.6. The first kappa shape index (κ1) is 60.3. The van der Waals surface area contributed by atoms with Crippen molar-refractivity contribution in [3.05, 3.63) is 0 Å². The van der Waals surface area contributed by atoms with E-state index in [1.807, 2.05) is 0 Å². The molecule has 1 amide bonds. The molecule has 0 saturated heterocycles. The number of nitrogens with one attached hydrogen (secondary N) is 1. The molecule has 366 valence electrons. The summed E-state index contributed by atoms with van der Waals surface area (Å²) in [5.74, 6) is -0.578. The van der Waals surface area contributed by atoms with Crippen LogP contribution in [0.3, 0.4) is 0 Å². The Labute approximate surface area is 381 Å². The molecule has 0 aliphatic rings. The van der Waals surface area contributed by atoms with E-state index in [1.54, 1.807) is 0 Å². The Kier molecular flexibility index (Phi) is 49.7. The van der Waals surface area contributed by atoms with Crippen LogP contribution >= 0.6 is 0 Å². The summed E-state index contributed by atoms with van der Waals surface area (Å²) >= 11 is 0. The molecule has 0 aromatic carbocycles. The molecule has 6 nitrogen and oxygen atoms in total. The summed E-state index contributed by atoms with van der Waals surface area (Å²) in [6.07, 6.45) is 57.5. The van der Waals surface area contributed by atoms with Gasteiger partial charge in [-0.2, -0.15) is 0 Å². The van der Waals surface area contributed by atoms with Gasteiger partial charge in [-0.3, -0.25) is 4.79 Å². The van der Waals surface area contributed by atoms with Gasteiger partial charge in [0.2, 0.25) is 5.91 Å². The Morgan fingerprint density at radius 3 is 0.787 bits per heavy atom. The Bertz CT molecular complexity index is 841. The first-order chi connectivity index (χ1) is 30.0. The summed E-state index contributed by atoms with van der Waals surface area (Å²) in [6, 6.07) is -0.980. The van der Waals surface area contributed by atoms with E-state index in [0.29, 0.717) is 12.8 Å². The predicted octanol–water partition coefficient (Wildman–Crippen LogP) is 15.9. The van der Waals surface area contributed by atoms with Gasteiger partial charge in [0.1, 0.15) is 12.2 Å². The molecule has 0 fully saturated rings. The van der Waals surface area contributed by atoms with Crippen LogP contribution in [-0.4, -0.2) is 57.3 Å². The lowest BCUT2D eigenvalue weighted by molar-refractivity contribution is -0.132. The largest absolute Gasteiger partial charge is 0.394 e. The average molecular weight is 866 g/mol. The molecule has 0 rings (SSSR count). The second kappa shape index (κ2) is 50.3. The summed E-state index contributed by atoms with van der Waals surface area (Å²) in [5.41, 5.74) is 0. The molecule has 4 unspecified atom stereocenters. The number of amides is 1. The zero-order valence-electron chi connectivity index (χ0n) is 41.4. The number of rotatable bonds is 52. The van der Waals surface area contributed by atoms with Crippen molar-refractivity contribution >= 4 is 5.91 Å². The monoisotopic (exact) mass is 866 g/mol. The molecule has 6 heteroatoms. The summed E-state index contributed by atoms with van der Waals surface area (Å²) in [5, 5.41) is 43.9. The van der Waals surface area contributed by atoms with Crippen LogP contribution in [0.25, 0.3) is 0 Å². The Hall–Kier alpha value is -0.690. The normalized spacial score (nSPS) is 13.7. The van der Waals surface area contributed by atoms with Crippen molar-refractivity contribution in [3.63, 3.8) is 0 Å². The average Bonchev–Trinajstić information content (AvgIpc) is 3.26. The van der Waals surface area contributed by atoms with Crippen LogP contribution in [0.15, 0.2) is 0 Å². The van der Waals surface area contributed by atoms with E-state index >= 15 is 0 Å². The van der Waals surface area contributed by atoms with Gasteiger partial charge in [0.25, 0.3) is 0 Å². The van der Waals surface area contributed by atoms with Crippen molar-refractivity contribution in [1.29, 1.82) is 0 Å². The quantitative estimate of drug-likeness (QED) is 0.0391. The maximum Gasteiger partial charge on any atom is 0.249 e. The zero-order chi connectivity index (χ0) is 44.5. The van der Waals surface area contributed by atoms with E-state index in [-0.39, 0.29) is 0 Å². The number of aliphatic hydroxyl groups is 4. The molecule has 0 spiro atoms. The maximum atomic E-state index is 12.5. The van der Waals surface area contributed by atoms with Gasteiger partial charge in [-0.15, -0.1) is 0 Å². The van der Waals surface area contributed by atoms with Gasteiger partial charge >= 0.3 is 0 Å². The number of carbonyl (C=O) groups is 1. The lowest BCUT2D eigenvalue weighted by atomic mass is 9.99. The Morgan fingerprint density at radius 2 is 0.557 bits per heavy atom. The van der Waals surface area contributed by atoms with Gasteiger partial charge in [-0.25, -0.2) is 0 Å². The van der Waals surface area contributed by atoms with Crippen LogP contribution in [0.1, 0.15) is 316 Å². The summed E-state index contributed by atoms with van der Waals surface area (Å²) < 4.78 is 0. The highest BCUT2D eigenvalue weighted by Crippen LogP contribution is 2.19. The van der Waals surface area contributed by atoms with E-state index < -0.39 is 36.9 Å². The highest BCUT2D eigenvalue weighted by molar-refractivity contribution is 5.80. The first-order valence-electron chi connectivity index (χ1n) is 27.9. The van der Waals surface area contributed by atoms with E-state index in [1.165, 1.54) is 250 Å². The molecule has 61 heavy (non-hydrogen) atoms. The summed E-state index contributed by atoms with van der Waals surface area (Å²) in [6.45, 7) is 4.08. The fraction of sp³-hybridized carbons (Fsp3) is 0.982. The lowest BCUT2D eigenvalue weighted by Gasteiger charge is -2.27. The molecule has 5 N–H and O–H groups in total. The summed E-state index contributed by atoms with van der Waals surface area (Å²) in [7, 11) is 0. The van der Waals surface area contributed by atoms with E-state index in [2.05, 4.69) is 19.2 Å². The van der Waals surface area contributed by atoms with Crippen LogP contribution in [0, 0.1) is 0 Å².